The molecule has 2 aromatic carbocycles. The summed E-state index contributed by atoms with van der Waals surface area (Å²) in [6, 6.07) is 15.0. The average Bonchev–Trinajstić information content (AvgIpc) is 3.57. The van der Waals surface area contributed by atoms with E-state index in [1.54, 1.807) is 17.0 Å². The van der Waals surface area contributed by atoms with Gasteiger partial charge in [0.15, 0.2) is 0 Å². The average molecular weight is 447 g/mol. The summed E-state index contributed by atoms with van der Waals surface area (Å²) in [5, 5.41) is 8.34. The Morgan fingerprint density at radius 2 is 1.61 bits per heavy atom. The van der Waals surface area contributed by atoms with Crippen LogP contribution in [0.25, 0.3) is 22.9 Å². The van der Waals surface area contributed by atoms with Crippen LogP contribution in [0.2, 0.25) is 0 Å². The van der Waals surface area contributed by atoms with E-state index in [1.807, 2.05) is 48.2 Å². The Labute approximate surface area is 192 Å². The molecular formula is C25H26N4O4. The number of rotatable bonds is 4. The van der Waals surface area contributed by atoms with Gasteiger partial charge in [-0.3, -0.25) is 9.59 Å². The summed E-state index contributed by atoms with van der Waals surface area (Å²) in [6.45, 7) is 4.75. The number of carbonyl (C=O) groups excluding carboxylic acids is 2. The van der Waals surface area contributed by atoms with Gasteiger partial charge in [-0.25, -0.2) is 0 Å². The number of benzene rings is 2. The predicted molar refractivity (Wildman–Crippen MR) is 121 cm³/mol. The molecule has 3 heterocycles. The van der Waals surface area contributed by atoms with E-state index < -0.39 is 0 Å². The fourth-order valence-electron chi connectivity index (χ4n) is 4.31. The third-order valence-corrected chi connectivity index (χ3v) is 6.26. The second-order valence-electron chi connectivity index (χ2n) is 8.42. The van der Waals surface area contributed by atoms with E-state index in [2.05, 4.69) is 10.2 Å². The van der Waals surface area contributed by atoms with Gasteiger partial charge in [-0.15, -0.1) is 10.2 Å². The molecule has 0 saturated carbocycles. The Balaban J connectivity index is 1.22. The van der Waals surface area contributed by atoms with Crippen molar-refractivity contribution in [1.29, 1.82) is 0 Å². The van der Waals surface area contributed by atoms with Gasteiger partial charge >= 0.3 is 0 Å². The lowest BCUT2D eigenvalue weighted by Gasteiger charge is -2.35. The third kappa shape index (κ3) is 4.39. The molecule has 2 aliphatic heterocycles. The molecule has 33 heavy (non-hydrogen) atoms. The van der Waals surface area contributed by atoms with Crippen molar-refractivity contribution in [3.63, 3.8) is 0 Å². The monoisotopic (exact) mass is 446 g/mol. The number of aromatic nitrogens is 2. The highest BCUT2D eigenvalue weighted by Crippen LogP contribution is 2.26. The number of ether oxygens (including phenoxy) is 1. The molecule has 1 unspecified atom stereocenters. The number of hydrogen-bond donors (Lipinski definition) is 0. The van der Waals surface area contributed by atoms with E-state index in [1.165, 1.54) is 0 Å². The maximum absolute atomic E-state index is 13.0. The molecule has 0 aliphatic carbocycles. The van der Waals surface area contributed by atoms with Crippen LogP contribution in [0.5, 0.6) is 0 Å². The first-order chi connectivity index (χ1) is 16.1. The fraction of sp³-hybridized carbons (Fsp3) is 0.360. The largest absolute Gasteiger partial charge is 0.416 e. The van der Waals surface area contributed by atoms with Crippen LogP contribution in [0.15, 0.2) is 52.9 Å². The molecule has 2 amide bonds. The molecule has 0 N–H and O–H groups in total. The Morgan fingerprint density at radius 1 is 0.909 bits per heavy atom. The fourth-order valence-corrected chi connectivity index (χ4v) is 4.31. The summed E-state index contributed by atoms with van der Waals surface area (Å²) in [4.78, 5) is 29.1. The van der Waals surface area contributed by atoms with E-state index in [0.29, 0.717) is 50.1 Å². The van der Waals surface area contributed by atoms with Crippen LogP contribution in [0.4, 0.5) is 0 Å². The van der Waals surface area contributed by atoms with Crippen LogP contribution < -0.4 is 0 Å². The number of aryl methyl sites for hydroxylation is 1. The molecule has 0 spiro atoms. The van der Waals surface area contributed by atoms with Crippen molar-refractivity contribution in [2.75, 3.05) is 32.8 Å². The first-order valence-electron chi connectivity index (χ1n) is 11.3. The van der Waals surface area contributed by atoms with Crippen molar-refractivity contribution >= 4 is 11.8 Å². The maximum Gasteiger partial charge on any atom is 0.253 e. The Kier molecular flexibility index (Phi) is 5.92. The number of hydrogen-bond acceptors (Lipinski definition) is 6. The Bertz CT molecular complexity index is 1140. The van der Waals surface area contributed by atoms with E-state index in [9.17, 15) is 9.59 Å². The van der Waals surface area contributed by atoms with Crippen molar-refractivity contribution in [1.82, 2.24) is 20.0 Å². The van der Waals surface area contributed by atoms with E-state index in [4.69, 9.17) is 9.15 Å². The van der Waals surface area contributed by atoms with Gasteiger partial charge in [0.2, 0.25) is 11.8 Å². The van der Waals surface area contributed by atoms with Crippen LogP contribution in [0.3, 0.4) is 0 Å². The van der Waals surface area contributed by atoms with Crippen LogP contribution in [0, 0.1) is 6.92 Å². The lowest BCUT2D eigenvalue weighted by Crippen LogP contribution is -2.52. The highest BCUT2D eigenvalue weighted by molar-refractivity contribution is 5.95. The molecule has 170 valence electrons. The molecule has 0 bridgehead atoms. The van der Waals surface area contributed by atoms with Gasteiger partial charge in [0.1, 0.15) is 6.10 Å². The van der Waals surface area contributed by atoms with Gasteiger partial charge in [-0.2, -0.15) is 0 Å². The highest BCUT2D eigenvalue weighted by Gasteiger charge is 2.31. The second-order valence-corrected chi connectivity index (χ2v) is 8.42. The van der Waals surface area contributed by atoms with Gasteiger partial charge in [-0.05, 0) is 55.7 Å². The van der Waals surface area contributed by atoms with Gasteiger partial charge in [0.05, 0.1) is 0 Å². The molecule has 2 saturated heterocycles. The van der Waals surface area contributed by atoms with Crippen molar-refractivity contribution < 1.29 is 18.7 Å². The molecule has 1 atom stereocenters. The number of piperazine rings is 1. The SMILES string of the molecule is Cc1ccccc1-c1nnc(-c2ccc(C(=O)N3CCN(C(=O)C4CCCO4)CC3)cc2)o1. The highest BCUT2D eigenvalue weighted by atomic mass is 16.5. The smallest absolute Gasteiger partial charge is 0.253 e. The zero-order chi connectivity index (χ0) is 22.8. The second kappa shape index (κ2) is 9.15. The number of amides is 2. The molecule has 5 rings (SSSR count). The summed E-state index contributed by atoms with van der Waals surface area (Å²) in [5.74, 6) is 0.887. The predicted octanol–water partition coefficient (Wildman–Crippen LogP) is 3.18. The number of carbonyl (C=O) groups is 2. The zero-order valence-corrected chi connectivity index (χ0v) is 18.6. The molecule has 2 aliphatic rings. The van der Waals surface area contributed by atoms with Crippen molar-refractivity contribution in [2.45, 2.75) is 25.9 Å². The summed E-state index contributed by atoms with van der Waals surface area (Å²) in [5.41, 5.74) is 3.31. The van der Waals surface area contributed by atoms with Gasteiger partial charge in [-0.1, -0.05) is 18.2 Å². The van der Waals surface area contributed by atoms with Crippen molar-refractivity contribution in [3.8, 4) is 22.9 Å². The lowest BCUT2D eigenvalue weighted by molar-refractivity contribution is -0.142. The molecular weight excluding hydrogens is 420 g/mol. The molecule has 3 aromatic rings. The zero-order valence-electron chi connectivity index (χ0n) is 18.6. The van der Waals surface area contributed by atoms with Gasteiger partial charge in [0.25, 0.3) is 11.8 Å². The maximum atomic E-state index is 13.0. The molecule has 8 heteroatoms. The van der Waals surface area contributed by atoms with Crippen LogP contribution in [-0.4, -0.2) is 70.7 Å². The van der Waals surface area contributed by atoms with Crippen LogP contribution in [0.1, 0.15) is 28.8 Å². The van der Waals surface area contributed by atoms with Gasteiger partial charge in [0, 0.05) is 49.5 Å². The topological polar surface area (TPSA) is 88.8 Å². The lowest BCUT2D eigenvalue weighted by atomic mass is 10.1. The molecule has 0 radical (unpaired) electrons. The first-order valence-corrected chi connectivity index (χ1v) is 11.3. The van der Waals surface area contributed by atoms with Crippen molar-refractivity contribution in [3.05, 3.63) is 59.7 Å². The van der Waals surface area contributed by atoms with E-state index in [-0.39, 0.29) is 17.9 Å². The van der Waals surface area contributed by atoms with Crippen LogP contribution >= 0.6 is 0 Å². The minimum Gasteiger partial charge on any atom is -0.416 e. The summed E-state index contributed by atoms with van der Waals surface area (Å²) in [6.07, 6.45) is 1.41. The molecule has 8 nitrogen and oxygen atoms in total. The quantitative estimate of drug-likeness (QED) is 0.612. The van der Waals surface area contributed by atoms with E-state index in [0.717, 1.165) is 29.5 Å². The minimum absolute atomic E-state index is 0.0445. The molecule has 1 aromatic heterocycles. The summed E-state index contributed by atoms with van der Waals surface area (Å²) in [7, 11) is 0. The van der Waals surface area contributed by atoms with Crippen LogP contribution in [-0.2, 0) is 9.53 Å². The standard InChI is InChI=1S/C25H26N4O4/c1-17-5-2-3-6-20(17)23-27-26-22(33-23)18-8-10-19(11-9-18)24(30)28-12-14-29(15-13-28)25(31)21-7-4-16-32-21/h2-3,5-6,8-11,21H,4,7,12-16H2,1H3. The number of nitrogens with zero attached hydrogens (tertiary/aromatic N) is 4. The third-order valence-electron chi connectivity index (χ3n) is 6.26. The minimum atomic E-state index is -0.309. The van der Waals surface area contributed by atoms with Crippen molar-refractivity contribution in [2.24, 2.45) is 0 Å². The Morgan fingerprint density at radius 3 is 2.30 bits per heavy atom. The first kappa shape index (κ1) is 21.3. The molecule has 2 fully saturated rings. The Hall–Kier alpha value is -3.52. The summed E-state index contributed by atoms with van der Waals surface area (Å²) < 4.78 is 11.4. The van der Waals surface area contributed by atoms with E-state index >= 15 is 0 Å². The normalized spacial score (nSPS) is 18.5. The van der Waals surface area contributed by atoms with Gasteiger partial charge < -0.3 is 19.0 Å². The summed E-state index contributed by atoms with van der Waals surface area (Å²) >= 11 is 0.